The van der Waals surface area contributed by atoms with E-state index in [0.717, 1.165) is 0 Å². The van der Waals surface area contributed by atoms with E-state index in [4.69, 9.17) is 5.41 Å². The molecule has 1 aliphatic rings. The fourth-order valence-electron chi connectivity index (χ4n) is 0.692. The molecule has 1 aliphatic carbocycles. The van der Waals surface area contributed by atoms with Gasteiger partial charge in [0.15, 0.2) is 0 Å². The van der Waals surface area contributed by atoms with Gasteiger partial charge < -0.3 is 5.43 Å². The van der Waals surface area contributed by atoms with Gasteiger partial charge in [0.2, 0.25) is 0 Å². The minimum atomic E-state index is 0.442. The van der Waals surface area contributed by atoms with E-state index in [1.54, 1.807) is 19.2 Å². The van der Waals surface area contributed by atoms with Crippen LogP contribution in [0.25, 0.3) is 0 Å². The molecular formula is C7H9N3. The number of rotatable bonds is 1. The maximum Gasteiger partial charge on any atom is 0.108 e. The number of nitrogens with one attached hydrogen (secondary N) is 2. The molecule has 0 amide bonds. The van der Waals surface area contributed by atoms with E-state index in [9.17, 15) is 0 Å². The molecule has 0 saturated heterocycles. The van der Waals surface area contributed by atoms with Gasteiger partial charge >= 0.3 is 0 Å². The van der Waals surface area contributed by atoms with Crippen LogP contribution in [0.15, 0.2) is 29.4 Å². The highest BCUT2D eigenvalue weighted by Crippen LogP contribution is 1.94. The van der Waals surface area contributed by atoms with Crippen molar-refractivity contribution < 1.29 is 0 Å². The Morgan fingerprint density at radius 3 is 2.70 bits per heavy atom. The Hall–Kier alpha value is -1.38. The lowest BCUT2D eigenvalue weighted by molar-refractivity contribution is 0.905. The standard InChI is InChI=1S/C7H9N3/c1-9-10-7-5-3-2-4-6(7)8/h2-5,8-9H,1H3/b8-6?,10-7-. The smallest absolute Gasteiger partial charge is 0.108 e. The first-order valence-corrected chi connectivity index (χ1v) is 3.02. The van der Waals surface area contributed by atoms with Crippen molar-refractivity contribution in [1.82, 2.24) is 5.43 Å². The number of hydrogen-bond acceptors (Lipinski definition) is 3. The predicted octanol–water partition coefficient (Wildman–Crippen LogP) is 0.708. The highest BCUT2D eigenvalue weighted by atomic mass is 15.3. The summed E-state index contributed by atoms with van der Waals surface area (Å²) in [4.78, 5) is 0. The largest absolute Gasteiger partial charge is 0.313 e. The third-order valence-electron chi connectivity index (χ3n) is 1.14. The highest BCUT2D eigenvalue weighted by molar-refractivity contribution is 6.49. The molecule has 10 heavy (non-hydrogen) atoms. The molecule has 0 atom stereocenters. The van der Waals surface area contributed by atoms with Crippen molar-refractivity contribution in [1.29, 1.82) is 5.41 Å². The Kier molecular flexibility index (Phi) is 1.99. The summed E-state index contributed by atoms with van der Waals surface area (Å²) in [5, 5.41) is 11.2. The second kappa shape index (κ2) is 2.96. The Bertz CT molecular complexity index is 223. The molecule has 0 aromatic heterocycles. The average molecular weight is 135 g/mol. The SMILES string of the molecule is CN/N=C1/C=CC=CC1=N. The number of hydrogen-bond donors (Lipinski definition) is 2. The Labute approximate surface area is 59.6 Å². The van der Waals surface area contributed by atoms with Crippen LogP contribution in [0.3, 0.4) is 0 Å². The highest BCUT2D eigenvalue weighted by Gasteiger charge is 2.00. The molecule has 0 saturated carbocycles. The lowest BCUT2D eigenvalue weighted by Crippen LogP contribution is -2.13. The van der Waals surface area contributed by atoms with Crippen LogP contribution < -0.4 is 5.43 Å². The van der Waals surface area contributed by atoms with Crippen molar-refractivity contribution in [2.24, 2.45) is 5.10 Å². The van der Waals surface area contributed by atoms with Gasteiger partial charge in [0.05, 0.1) is 5.71 Å². The van der Waals surface area contributed by atoms with E-state index in [2.05, 4.69) is 10.5 Å². The molecule has 0 spiro atoms. The molecule has 3 nitrogen and oxygen atoms in total. The van der Waals surface area contributed by atoms with E-state index in [-0.39, 0.29) is 0 Å². The van der Waals surface area contributed by atoms with Crippen LogP contribution in [0.2, 0.25) is 0 Å². The van der Waals surface area contributed by atoms with Crippen LogP contribution in [0.5, 0.6) is 0 Å². The number of hydrazone groups is 1. The minimum Gasteiger partial charge on any atom is -0.313 e. The first-order chi connectivity index (χ1) is 4.84. The summed E-state index contributed by atoms with van der Waals surface area (Å²) in [5.41, 5.74) is 3.74. The van der Waals surface area contributed by atoms with Crippen LogP contribution in [-0.4, -0.2) is 18.5 Å². The quantitative estimate of drug-likeness (QED) is 0.403. The maximum absolute atomic E-state index is 7.34. The van der Waals surface area contributed by atoms with E-state index in [1.165, 1.54) is 0 Å². The van der Waals surface area contributed by atoms with Crippen LogP contribution in [0.1, 0.15) is 0 Å². The van der Waals surface area contributed by atoms with Gasteiger partial charge in [-0.3, -0.25) is 5.41 Å². The molecule has 0 aromatic carbocycles. The van der Waals surface area contributed by atoms with Crippen molar-refractivity contribution in [3.63, 3.8) is 0 Å². The van der Waals surface area contributed by atoms with E-state index in [0.29, 0.717) is 11.4 Å². The summed E-state index contributed by atoms with van der Waals surface area (Å²) in [6, 6.07) is 0. The van der Waals surface area contributed by atoms with Crippen LogP contribution in [0.4, 0.5) is 0 Å². The second-order valence-corrected chi connectivity index (χ2v) is 1.85. The van der Waals surface area contributed by atoms with Gasteiger partial charge in [-0.25, -0.2) is 0 Å². The van der Waals surface area contributed by atoms with Gasteiger partial charge in [-0.2, -0.15) is 5.10 Å². The van der Waals surface area contributed by atoms with Gasteiger partial charge in [-0.15, -0.1) is 0 Å². The summed E-state index contributed by atoms with van der Waals surface area (Å²) < 4.78 is 0. The van der Waals surface area contributed by atoms with Crippen LogP contribution in [-0.2, 0) is 0 Å². The minimum absolute atomic E-state index is 0.442. The lowest BCUT2D eigenvalue weighted by atomic mass is 10.1. The van der Waals surface area contributed by atoms with Crippen molar-refractivity contribution in [3.05, 3.63) is 24.3 Å². The van der Waals surface area contributed by atoms with Crippen LogP contribution in [0, 0.1) is 5.41 Å². The predicted molar refractivity (Wildman–Crippen MR) is 42.5 cm³/mol. The molecule has 0 heterocycles. The van der Waals surface area contributed by atoms with Gasteiger partial charge in [0.1, 0.15) is 5.71 Å². The number of nitrogens with zero attached hydrogens (tertiary/aromatic N) is 1. The molecule has 0 aromatic rings. The summed E-state index contributed by atoms with van der Waals surface area (Å²) in [7, 11) is 1.71. The zero-order valence-electron chi connectivity index (χ0n) is 5.76. The maximum atomic E-state index is 7.34. The molecular weight excluding hydrogens is 126 g/mol. The third kappa shape index (κ3) is 1.31. The number of allylic oxidation sites excluding steroid dienone is 4. The first-order valence-electron chi connectivity index (χ1n) is 3.02. The molecule has 1 rings (SSSR count). The Balaban J connectivity index is 2.80. The molecule has 0 bridgehead atoms. The molecule has 0 aliphatic heterocycles. The summed E-state index contributed by atoms with van der Waals surface area (Å²) in [6.45, 7) is 0. The normalized spacial score (nSPS) is 20.1. The zero-order valence-corrected chi connectivity index (χ0v) is 5.76. The Morgan fingerprint density at radius 2 is 2.10 bits per heavy atom. The van der Waals surface area contributed by atoms with E-state index >= 15 is 0 Å². The summed E-state index contributed by atoms with van der Waals surface area (Å²) >= 11 is 0. The van der Waals surface area contributed by atoms with Gasteiger partial charge in [-0.05, 0) is 12.2 Å². The Morgan fingerprint density at radius 1 is 1.40 bits per heavy atom. The fourth-order valence-corrected chi connectivity index (χ4v) is 0.692. The first kappa shape index (κ1) is 6.74. The van der Waals surface area contributed by atoms with Crippen LogP contribution >= 0.6 is 0 Å². The summed E-state index contributed by atoms with van der Waals surface area (Å²) in [5.74, 6) is 0. The van der Waals surface area contributed by atoms with E-state index < -0.39 is 0 Å². The average Bonchev–Trinajstić information content (AvgIpc) is 1.94. The topological polar surface area (TPSA) is 48.2 Å². The monoisotopic (exact) mass is 135 g/mol. The van der Waals surface area contributed by atoms with Crippen molar-refractivity contribution >= 4 is 11.4 Å². The molecule has 0 radical (unpaired) electrons. The van der Waals surface area contributed by atoms with Gasteiger partial charge in [-0.1, -0.05) is 12.2 Å². The second-order valence-electron chi connectivity index (χ2n) is 1.85. The van der Waals surface area contributed by atoms with Crippen molar-refractivity contribution in [2.45, 2.75) is 0 Å². The molecule has 2 N–H and O–H groups in total. The summed E-state index contributed by atoms with van der Waals surface area (Å²) in [6.07, 6.45) is 7.17. The van der Waals surface area contributed by atoms with Gasteiger partial charge in [0.25, 0.3) is 0 Å². The zero-order chi connectivity index (χ0) is 7.40. The molecule has 52 valence electrons. The van der Waals surface area contributed by atoms with E-state index in [1.807, 2.05) is 12.2 Å². The van der Waals surface area contributed by atoms with Crippen molar-refractivity contribution in [3.8, 4) is 0 Å². The van der Waals surface area contributed by atoms with Gasteiger partial charge in [0, 0.05) is 7.05 Å². The third-order valence-corrected chi connectivity index (χ3v) is 1.14. The molecule has 0 unspecified atom stereocenters. The molecule has 0 fully saturated rings. The molecule has 3 heteroatoms. The lowest BCUT2D eigenvalue weighted by Gasteiger charge is -2.00. The van der Waals surface area contributed by atoms with Crippen molar-refractivity contribution in [2.75, 3.05) is 7.05 Å². The fraction of sp³-hybridized carbons (Fsp3) is 0.143.